The molecular weight excluding hydrogens is 419 g/mol. The lowest BCUT2D eigenvalue weighted by Crippen LogP contribution is -2.51. The van der Waals surface area contributed by atoms with Crippen LogP contribution >= 0.6 is 0 Å². The number of anilines is 1. The second-order valence-electron chi connectivity index (χ2n) is 9.50. The van der Waals surface area contributed by atoms with Crippen molar-refractivity contribution in [2.75, 3.05) is 18.5 Å². The molecule has 3 rings (SSSR count). The number of aromatic nitrogens is 1. The highest BCUT2D eigenvalue weighted by molar-refractivity contribution is 5.97. The third-order valence-electron chi connectivity index (χ3n) is 7.22. The minimum atomic E-state index is -0.433. The molecule has 0 radical (unpaired) electrons. The van der Waals surface area contributed by atoms with E-state index in [1.165, 1.54) is 12.1 Å². The van der Waals surface area contributed by atoms with E-state index in [1.807, 2.05) is 26.8 Å². The van der Waals surface area contributed by atoms with Crippen LogP contribution < -0.4 is 15.8 Å². The number of aryl methyl sites for hydroxylation is 2. The van der Waals surface area contributed by atoms with E-state index < -0.39 is 5.82 Å². The highest BCUT2D eigenvalue weighted by Crippen LogP contribution is 2.32. The summed E-state index contributed by atoms with van der Waals surface area (Å²) in [6.07, 6.45) is 1.98. The fraction of sp³-hybridized carbons (Fsp3) is 0.538. The fourth-order valence-electron chi connectivity index (χ4n) is 5.09. The number of benzene rings is 1. The summed E-state index contributed by atoms with van der Waals surface area (Å²) in [5, 5.41) is 2.82. The van der Waals surface area contributed by atoms with Gasteiger partial charge in [0.25, 0.3) is 11.5 Å². The molecule has 2 heterocycles. The van der Waals surface area contributed by atoms with Gasteiger partial charge in [-0.2, -0.15) is 0 Å². The second kappa shape index (κ2) is 10.1. The van der Waals surface area contributed by atoms with Gasteiger partial charge in [0, 0.05) is 53.7 Å². The SMILES string of the molecule is CCN(c1cc(F)cc(C(=O)NCc2c(C)cc(C)[nH]c2=O)c1C)C1C[C@@H](C)N(C)[C@H](C)C1. The Balaban J connectivity index is 1.87. The van der Waals surface area contributed by atoms with E-state index in [-0.39, 0.29) is 24.1 Å². The molecule has 2 N–H and O–H groups in total. The van der Waals surface area contributed by atoms with Crippen molar-refractivity contribution in [3.8, 4) is 0 Å². The largest absolute Gasteiger partial charge is 0.368 e. The molecule has 6 nitrogen and oxygen atoms in total. The normalized spacial score (nSPS) is 21.2. The number of pyridine rings is 1. The molecule has 0 bridgehead atoms. The van der Waals surface area contributed by atoms with Crippen LogP contribution in [-0.4, -0.2) is 47.5 Å². The lowest BCUT2D eigenvalue weighted by atomic mass is 9.91. The van der Waals surface area contributed by atoms with Gasteiger partial charge in [-0.05, 0) is 90.8 Å². The maximum Gasteiger partial charge on any atom is 0.253 e. The van der Waals surface area contributed by atoms with Gasteiger partial charge in [0.2, 0.25) is 0 Å². The topological polar surface area (TPSA) is 68.4 Å². The summed E-state index contributed by atoms with van der Waals surface area (Å²) < 4.78 is 14.7. The number of carbonyl (C=O) groups is 1. The summed E-state index contributed by atoms with van der Waals surface area (Å²) in [6, 6.07) is 5.84. The van der Waals surface area contributed by atoms with Crippen molar-refractivity contribution in [1.29, 1.82) is 0 Å². The molecule has 180 valence electrons. The van der Waals surface area contributed by atoms with E-state index in [2.05, 4.69) is 47.9 Å². The van der Waals surface area contributed by atoms with Crippen molar-refractivity contribution in [1.82, 2.24) is 15.2 Å². The Labute approximate surface area is 196 Å². The van der Waals surface area contributed by atoms with Crippen LogP contribution in [0.5, 0.6) is 0 Å². The number of rotatable bonds is 6. The minimum Gasteiger partial charge on any atom is -0.368 e. The van der Waals surface area contributed by atoms with Gasteiger partial charge in [-0.1, -0.05) is 0 Å². The van der Waals surface area contributed by atoms with Crippen LogP contribution in [0.25, 0.3) is 0 Å². The van der Waals surface area contributed by atoms with Crippen molar-refractivity contribution >= 4 is 11.6 Å². The predicted octanol–water partition coefficient (Wildman–Crippen LogP) is 4.07. The minimum absolute atomic E-state index is 0.0903. The Morgan fingerprint density at radius 2 is 1.82 bits per heavy atom. The van der Waals surface area contributed by atoms with Crippen LogP contribution in [0.3, 0.4) is 0 Å². The number of nitrogens with zero attached hydrogens (tertiary/aromatic N) is 2. The second-order valence-corrected chi connectivity index (χ2v) is 9.50. The molecule has 2 atom stereocenters. The number of H-pyrrole nitrogens is 1. The average molecular weight is 457 g/mol. The number of hydrogen-bond acceptors (Lipinski definition) is 4. The van der Waals surface area contributed by atoms with Crippen LogP contribution in [0.4, 0.5) is 10.1 Å². The molecule has 1 amide bonds. The molecule has 0 spiro atoms. The number of hydrogen-bond donors (Lipinski definition) is 2. The van der Waals surface area contributed by atoms with E-state index >= 15 is 0 Å². The van der Waals surface area contributed by atoms with Gasteiger partial charge in [-0.25, -0.2) is 4.39 Å². The first-order valence-corrected chi connectivity index (χ1v) is 11.8. The van der Waals surface area contributed by atoms with Crippen molar-refractivity contribution < 1.29 is 9.18 Å². The highest BCUT2D eigenvalue weighted by Gasteiger charge is 2.32. The summed E-state index contributed by atoms with van der Waals surface area (Å²) in [7, 11) is 2.15. The maximum absolute atomic E-state index is 14.7. The van der Waals surface area contributed by atoms with Crippen LogP contribution in [-0.2, 0) is 6.54 Å². The maximum atomic E-state index is 14.7. The lowest BCUT2D eigenvalue weighted by molar-refractivity contribution is 0.0949. The van der Waals surface area contributed by atoms with Gasteiger partial charge >= 0.3 is 0 Å². The number of piperidine rings is 1. The standard InChI is InChI=1S/C26H37FN4O2/c1-8-31(21-10-17(4)30(7)18(5)11-21)24-13-20(27)12-22(19(24)6)25(32)28-14-23-15(2)9-16(3)29-26(23)33/h9,12-13,17-18,21H,8,10-11,14H2,1-7H3,(H,28,32)(H,29,33)/t17-,18-/m1/s1. The lowest BCUT2D eigenvalue weighted by Gasteiger charge is -2.45. The van der Waals surface area contributed by atoms with E-state index in [1.54, 1.807) is 0 Å². The van der Waals surface area contributed by atoms with Gasteiger partial charge < -0.3 is 20.1 Å². The van der Waals surface area contributed by atoms with Crippen molar-refractivity contribution in [3.05, 3.63) is 62.3 Å². The monoisotopic (exact) mass is 456 g/mol. The van der Waals surface area contributed by atoms with Gasteiger partial charge in [-0.3, -0.25) is 9.59 Å². The van der Waals surface area contributed by atoms with Crippen molar-refractivity contribution in [2.45, 2.75) is 79.1 Å². The molecule has 2 aromatic rings. The molecule has 1 aliphatic rings. The van der Waals surface area contributed by atoms with Gasteiger partial charge in [-0.15, -0.1) is 0 Å². The third-order valence-corrected chi connectivity index (χ3v) is 7.22. The molecule has 1 aromatic carbocycles. The molecule has 0 aliphatic carbocycles. The molecule has 1 aliphatic heterocycles. The summed E-state index contributed by atoms with van der Waals surface area (Å²) in [6.45, 7) is 12.9. The average Bonchev–Trinajstić information content (AvgIpc) is 2.73. The van der Waals surface area contributed by atoms with Crippen molar-refractivity contribution in [2.24, 2.45) is 0 Å². The van der Waals surface area contributed by atoms with E-state index in [9.17, 15) is 14.0 Å². The Hall–Kier alpha value is -2.67. The zero-order chi connectivity index (χ0) is 24.4. The fourth-order valence-corrected chi connectivity index (χ4v) is 5.09. The molecule has 1 saturated heterocycles. The van der Waals surface area contributed by atoms with Crippen LogP contribution in [0.2, 0.25) is 0 Å². The molecule has 1 fully saturated rings. The number of nitrogens with one attached hydrogen (secondary N) is 2. The summed E-state index contributed by atoms with van der Waals surface area (Å²) in [5.41, 5.74) is 3.70. The van der Waals surface area contributed by atoms with Gasteiger partial charge in [0.1, 0.15) is 5.82 Å². The number of halogens is 1. The Morgan fingerprint density at radius 3 is 2.39 bits per heavy atom. The van der Waals surface area contributed by atoms with Crippen LogP contribution in [0.15, 0.2) is 23.0 Å². The Kier molecular flexibility index (Phi) is 7.62. The first-order valence-electron chi connectivity index (χ1n) is 11.8. The molecule has 33 heavy (non-hydrogen) atoms. The van der Waals surface area contributed by atoms with Crippen LogP contribution in [0, 0.1) is 26.6 Å². The van der Waals surface area contributed by atoms with Crippen molar-refractivity contribution in [3.63, 3.8) is 0 Å². The third kappa shape index (κ3) is 5.29. The summed E-state index contributed by atoms with van der Waals surface area (Å²) in [4.78, 5) is 32.7. The summed E-state index contributed by atoms with van der Waals surface area (Å²) >= 11 is 0. The number of aromatic amines is 1. The Bertz CT molecular complexity index is 1070. The molecular formula is C26H37FN4O2. The van der Waals surface area contributed by atoms with E-state index in [4.69, 9.17) is 0 Å². The van der Waals surface area contributed by atoms with Crippen LogP contribution in [0.1, 0.15) is 66.4 Å². The first kappa shape index (κ1) is 25.0. The molecule has 1 aromatic heterocycles. The first-order chi connectivity index (χ1) is 15.5. The molecule has 0 unspecified atom stereocenters. The smallest absolute Gasteiger partial charge is 0.253 e. The predicted molar refractivity (Wildman–Crippen MR) is 132 cm³/mol. The molecule has 7 heteroatoms. The number of carbonyl (C=O) groups excluding carboxylic acids is 1. The Morgan fingerprint density at radius 1 is 1.18 bits per heavy atom. The van der Waals surface area contributed by atoms with E-state index in [0.717, 1.165) is 41.9 Å². The zero-order valence-electron chi connectivity index (χ0n) is 20.9. The number of amides is 1. The highest BCUT2D eigenvalue weighted by atomic mass is 19.1. The summed E-state index contributed by atoms with van der Waals surface area (Å²) in [5.74, 6) is -0.814. The number of likely N-dealkylation sites (tertiary alicyclic amines) is 1. The van der Waals surface area contributed by atoms with Gasteiger partial charge in [0.15, 0.2) is 0 Å². The molecule has 0 saturated carbocycles. The quantitative estimate of drug-likeness (QED) is 0.688. The zero-order valence-corrected chi connectivity index (χ0v) is 20.9. The van der Waals surface area contributed by atoms with E-state index in [0.29, 0.717) is 23.2 Å². The van der Waals surface area contributed by atoms with Gasteiger partial charge in [0.05, 0.1) is 0 Å².